The van der Waals surface area contributed by atoms with E-state index in [-0.39, 0.29) is 22.0 Å². The molecule has 150 valence electrons. The summed E-state index contributed by atoms with van der Waals surface area (Å²) < 4.78 is 50.6. The first-order chi connectivity index (χ1) is 12.5. The summed E-state index contributed by atoms with van der Waals surface area (Å²) in [5.74, 6) is -0.530. The minimum atomic E-state index is -3.67. The molecule has 0 radical (unpaired) electrons. The van der Waals surface area contributed by atoms with Gasteiger partial charge < -0.3 is 10.2 Å². The van der Waals surface area contributed by atoms with E-state index in [1.165, 1.54) is 28.6 Å². The molecule has 0 aromatic heterocycles. The molecule has 2 aliphatic rings. The van der Waals surface area contributed by atoms with Gasteiger partial charge in [0, 0.05) is 31.7 Å². The monoisotopic (exact) mass is 415 g/mol. The van der Waals surface area contributed by atoms with Crippen molar-refractivity contribution in [2.24, 2.45) is 0 Å². The fourth-order valence-corrected chi connectivity index (χ4v) is 6.99. The van der Waals surface area contributed by atoms with E-state index in [1.807, 2.05) is 7.05 Å². The van der Waals surface area contributed by atoms with Crippen molar-refractivity contribution in [1.82, 2.24) is 14.5 Å². The minimum Gasteiger partial charge on any atom is -0.346 e. The van der Waals surface area contributed by atoms with Crippen LogP contribution in [-0.4, -0.2) is 82.2 Å². The number of amides is 1. The molecule has 0 saturated carbocycles. The van der Waals surface area contributed by atoms with Gasteiger partial charge in [0.1, 0.15) is 0 Å². The van der Waals surface area contributed by atoms with E-state index < -0.39 is 31.3 Å². The van der Waals surface area contributed by atoms with Crippen LogP contribution < -0.4 is 5.32 Å². The van der Waals surface area contributed by atoms with Gasteiger partial charge in [-0.3, -0.25) is 4.79 Å². The highest BCUT2D eigenvalue weighted by atomic mass is 32.2. The summed E-state index contributed by atoms with van der Waals surface area (Å²) in [5, 5.41) is 2.76. The second kappa shape index (κ2) is 7.16. The molecule has 0 unspecified atom stereocenters. The topological polar surface area (TPSA) is 104 Å². The van der Waals surface area contributed by atoms with Gasteiger partial charge in [0.15, 0.2) is 9.84 Å². The third-order valence-corrected chi connectivity index (χ3v) is 8.91. The predicted molar refractivity (Wildman–Crippen MR) is 102 cm³/mol. The molecule has 1 aromatic rings. The standard InChI is InChI=1S/C17H25N3O5S2/c1-17(6-11-26(22,23)13-17)18-16(21)14-4-3-5-15(12-14)27(24,25)20-9-7-19(2)8-10-20/h3-5,12H,6-11,13H2,1-2H3,(H,18,21)/t17-/m1/s1. The average Bonchev–Trinajstić information content (AvgIpc) is 2.88. The third-order valence-electron chi connectivity index (χ3n) is 5.11. The number of carbonyl (C=O) groups excluding carboxylic acids is 1. The molecule has 0 bridgehead atoms. The van der Waals surface area contributed by atoms with E-state index in [0.29, 0.717) is 32.6 Å². The number of piperazine rings is 1. The summed E-state index contributed by atoms with van der Waals surface area (Å²) in [6.45, 7) is 3.83. The number of carbonyl (C=O) groups is 1. The summed E-state index contributed by atoms with van der Waals surface area (Å²) in [4.78, 5) is 14.7. The Bertz CT molecular complexity index is 937. The van der Waals surface area contributed by atoms with Crippen molar-refractivity contribution in [3.8, 4) is 0 Å². The van der Waals surface area contributed by atoms with Gasteiger partial charge in [-0.05, 0) is 38.6 Å². The number of nitrogens with zero attached hydrogens (tertiary/aromatic N) is 2. The largest absolute Gasteiger partial charge is 0.346 e. The Labute approximate surface area is 160 Å². The maximum Gasteiger partial charge on any atom is 0.251 e. The second-order valence-electron chi connectivity index (χ2n) is 7.59. The number of likely N-dealkylation sites (N-methyl/N-ethyl adjacent to an activating group) is 1. The van der Waals surface area contributed by atoms with Crippen LogP contribution in [-0.2, 0) is 19.9 Å². The van der Waals surface area contributed by atoms with Gasteiger partial charge in [0.2, 0.25) is 10.0 Å². The molecule has 2 saturated heterocycles. The summed E-state index contributed by atoms with van der Waals surface area (Å²) in [5.41, 5.74) is -0.627. The summed E-state index contributed by atoms with van der Waals surface area (Å²) >= 11 is 0. The highest BCUT2D eigenvalue weighted by Gasteiger charge is 2.39. The molecule has 10 heteroatoms. The molecular formula is C17H25N3O5S2. The molecule has 27 heavy (non-hydrogen) atoms. The first kappa shape index (κ1) is 20.2. The Balaban J connectivity index is 1.78. The first-order valence-corrected chi connectivity index (χ1v) is 12.1. The van der Waals surface area contributed by atoms with Gasteiger partial charge in [-0.2, -0.15) is 4.31 Å². The highest BCUT2D eigenvalue weighted by Crippen LogP contribution is 2.24. The number of nitrogens with one attached hydrogen (secondary N) is 1. The van der Waals surface area contributed by atoms with Gasteiger partial charge in [-0.15, -0.1) is 0 Å². The Morgan fingerprint density at radius 1 is 1.19 bits per heavy atom. The smallest absolute Gasteiger partial charge is 0.251 e. The van der Waals surface area contributed by atoms with Gasteiger partial charge in [0.05, 0.1) is 21.9 Å². The van der Waals surface area contributed by atoms with Crippen LogP contribution in [0.5, 0.6) is 0 Å². The van der Waals surface area contributed by atoms with Gasteiger partial charge in [-0.25, -0.2) is 16.8 Å². The predicted octanol–water partition coefficient (Wildman–Crippen LogP) is -0.0703. The lowest BCUT2D eigenvalue weighted by Gasteiger charge is -2.31. The first-order valence-electron chi connectivity index (χ1n) is 8.83. The van der Waals surface area contributed by atoms with Crippen LogP contribution in [0.3, 0.4) is 0 Å². The summed E-state index contributed by atoms with van der Waals surface area (Å²) in [7, 11) is -4.88. The average molecular weight is 416 g/mol. The molecule has 1 aromatic carbocycles. The summed E-state index contributed by atoms with van der Waals surface area (Å²) in [6.07, 6.45) is 0.348. The van der Waals surface area contributed by atoms with Crippen LogP contribution in [0.2, 0.25) is 0 Å². The van der Waals surface area contributed by atoms with Gasteiger partial charge in [0.25, 0.3) is 5.91 Å². The lowest BCUT2D eigenvalue weighted by atomic mass is 10.0. The molecule has 2 heterocycles. The van der Waals surface area contributed by atoms with E-state index >= 15 is 0 Å². The number of rotatable bonds is 4. The second-order valence-corrected chi connectivity index (χ2v) is 11.7. The Hall–Kier alpha value is -1.49. The van der Waals surface area contributed by atoms with Crippen molar-refractivity contribution in [3.63, 3.8) is 0 Å². The van der Waals surface area contributed by atoms with E-state index in [0.717, 1.165) is 0 Å². The summed E-state index contributed by atoms with van der Waals surface area (Å²) in [6, 6.07) is 5.90. The highest BCUT2D eigenvalue weighted by molar-refractivity contribution is 7.91. The molecule has 1 atom stereocenters. The van der Waals surface area contributed by atoms with Gasteiger partial charge in [-0.1, -0.05) is 6.07 Å². The van der Waals surface area contributed by atoms with Crippen molar-refractivity contribution in [3.05, 3.63) is 29.8 Å². The third kappa shape index (κ3) is 4.50. The molecule has 0 spiro atoms. The quantitative estimate of drug-likeness (QED) is 0.738. The van der Waals surface area contributed by atoms with Crippen LogP contribution in [0.1, 0.15) is 23.7 Å². The SMILES string of the molecule is CN1CCN(S(=O)(=O)c2cccc(C(=O)N[C@]3(C)CCS(=O)(=O)C3)c2)CC1. The molecule has 8 nitrogen and oxygen atoms in total. The number of sulfonamides is 1. The number of hydrogen-bond acceptors (Lipinski definition) is 6. The van der Waals surface area contributed by atoms with Crippen molar-refractivity contribution < 1.29 is 21.6 Å². The maximum absolute atomic E-state index is 12.9. The maximum atomic E-state index is 12.9. The van der Waals surface area contributed by atoms with Gasteiger partial charge >= 0.3 is 0 Å². The Kier molecular flexibility index (Phi) is 5.37. The lowest BCUT2D eigenvalue weighted by molar-refractivity contribution is 0.0915. The molecule has 1 N–H and O–H groups in total. The zero-order valence-electron chi connectivity index (χ0n) is 15.5. The molecule has 1 amide bonds. The number of hydrogen-bond donors (Lipinski definition) is 1. The fourth-order valence-electron chi connectivity index (χ4n) is 3.43. The van der Waals surface area contributed by atoms with E-state index in [1.54, 1.807) is 6.92 Å². The van der Waals surface area contributed by atoms with Crippen LogP contribution in [0.4, 0.5) is 0 Å². The molecule has 3 rings (SSSR count). The van der Waals surface area contributed by atoms with Crippen molar-refractivity contribution in [1.29, 1.82) is 0 Å². The zero-order chi connectivity index (χ0) is 19.9. The van der Waals surface area contributed by atoms with Crippen LogP contribution >= 0.6 is 0 Å². The zero-order valence-corrected chi connectivity index (χ0v) is 17.1. The van der Waals surface area contributed by atoms with Crippen LogP contribution in [0, 0.1) is 0 Å². The lowest BCUT2D eigenvalue weighted by Crippen LogP contribution is -2.47. The van der Waals surface area contributed by atoms with E-state index in [9.17, 15) is 21.6 Å². The molecule has 0 aliphatic carbocycles. The number of benzene rings is 1. The Morgan fingerprint density at radius 3 is 2.44 bits per heavy atom. The normalized spacial score (nSPS) is 26.7. The Morgan fingerprint density at radius 2 is 1.85 bits per heavy atom. The number of sulfone groups is 1. The molecular weight excluding hydrogens is 390 g/mol. The minimum absolute atomic E-state index is 0.0433. The van der Waals surface area contributed by atoms with Crippen molar-refractivity contribution >= 4 is 25.8 Å². The van der Waals surface area contributed by atoms with Crippen LogP contribution in [0.15, 0.2) is 29.2 Å². The van der Waals surface area contributed by atoms with Crippen molar-refractivity contribution in [2.75, 3.05) is 44.7 Å². The van der Waals surface area contributed by atoms with Crippen LogP contribution in [0.25, 0.3) is 0 Å². The fraction of sp³-hybridized carbons (Fsp3) is 0.588. The molecule has 2 fully saturated rings. The molecule has 2 aliphatic heterocycles. The van der Waals surface area contributed by atoms with E-state index in [2.05, 4.69) is 10.2 Å². The van der Waals surface area contributed by atoms with E-state index in [4.69, 9.17) is 0 Å². The van der Waals surface area contributed by atoms with Crippen molar-refractivity contribution in [2.45, 2.75) is 23.8 Å².